The van der Waals surface area contributed by atoms with Crippen molar-refractivity contribution in [1.82, 2.24) is 0 Å². The maximum atomic E-state index is 8.95. The highest BCUT2D eigenvalue weighted by Gasteiger charge is 2.10. The molecule has 0 aromatic heterocycles. The standard InChI is InChI=1S/C19H20Cl2N2O2.C2H4O2/c1-12-6-5-7-16(14(3)22-24-4)17(12)11-25-23-13(2)15-8-9-18(20)19(21)10-15;1-4-2-3/h5-10H,11H2,1-4H3;2H,1H3/b22-14-,23-13+;. The molecule has 0 unspecified atom stereocenters. The molecule has 0 bridgehead atoms. The molecule has 29 heavy (non-hydrogen) atoms. The zero-order valence-electron chi connectivity index (χ0n) is 17.0. The zero-order valence-corrected chi connectivity index (χ0v) is 18.5. The van der Waals surface area contributed by atoms with E-state index < -0.39 is 0 Å². The zero-order chi connectivity index (χ0) is 21.8. The number of benzene rings is 2. The number of oxime groups is 2. The van der Waals surface area contributed by atoms with Gasteiger partial charge in [-0.3, -0.25) is 4.79 Å². The van der Waals surface area contributed by atoms with Gasteiger partial charge in [-0.2, -0.15) is 0 Å². The molecule has 8 heteroatoms. The predicted octanol–water partition coefficient (Wildman–Crippen LogP) is 5.40. The lowest BCUT2D eigenvalue weighted by molar-refractivity contribution is -0.126. The van der Waals surface area contributed by atoms with E-state index >= 15 is 0 Å². The van der Waals surface area contributed by atoms with Crippen LogP contribution in [-0.2, 0) is 25.8 Å². The largest absolute Gasteiger partial charge is 0.471 e. The minimum absolute atomic E-state index is 0.331. The van der Waals surface area contributed by atoms with Crippen molar-refractivity contribution in [2.75, 3.05) is 14.2 Å². The molecular formula is C21H24Cl2N2O4. The molecule has 0 amide bonds. The van der Waals surface area contributed by atoms with E-state index in [1.54, 1.807) is 12.1 Å². The highest BCUT2D eigenvalue weighted by atomic mass is 35.5. The Kier molecular flexibility index (Phi) is 10.8. The minimum atomic E-state index is 0.331. The first-order valence-corrected chi connectivity index (χ1v) is 9.36. The van der Waals surface area contributed by atoms with Crippen molar-refractivity contribution in [1.29, 1.82) is 0 Å². The van der Waals surface area contributed by atoms with E-state index in [-0.39, 0.29) is 0 Å². The summed E-state index contributed by atoms with van der Waals surface area (Å²) in [6, 6.07) is 11.3. The Bertz CT molecular complexity index is 883. The number of rotatable bonds is 7. The summed E-state index contributed by atoms with van der Waals surface area (Å²) in [6.07, 6.45) is 0. The molecule has 0 spiro atoms. The van der Waals surface area contributed by atoms with Crippen LogP contribution >= 0.6 is 23.2 Å². The van der Waals surface area contributed by atoms with Gasteiger partial charge in [0.2, 0.25) is 0 Å². The average molecular weight is 439 g/mol. The molecular weight excluding hydrogens is 415 g/mol. The Morgan fingerprint density at radius 3 is 2.31 bits per heavy atom. The van der Waals surface area contributed by atoms with Gasteiger partial charge in [0.15, 0.2) is 0 Å². The molecule has 0 saturated carbocycles. The van der Waals surface area contributed by atoms with E-state index in [4.69, 9.17) is 37.7 Å². The van der Waals surface area contributed by atoms with Crippen molar-refractivity contribution in [3.8, 4) is 0 Å². The van der Waals surface area contributed by atoms with Crippen LogP contribution in [0.4, 0.5) is 0 Å². The van der Waals surface area contributed by atoms with Crippen LogP contribution in [0.15, 0.2) is 46.7 Å². The Labute approximate surface area is 181 Å². The van der Waals surface area contributed by atoms with Gasteiger partial charge in [0, 0.05) is 16.7 Å². The summed E-state index contributed by atoms with van der Waals surface area (Å²) >= 11 is 12.0. The quantitative estimate of drug-likeness (QED) is 0.329. The Morgan fingerprint density at radius 2 is 1.72 bits per heavy atom. The molecule has 0 radical (unpaired) electrons. The van der Waals surface area contributed by atoms with Gasteiger partial charge in [-0.05, 0) is 38.5 Å². The molecule has 2 rings (SSSR count). The fourth-order valence-electron chi connectivity index (χ4n) is 2.39. The average Bonchev–Trinajstić information content (AvgIpc) is 2.71. The SMILES string of the molecule is CO/N=C(/C)c1cccc(C)c1CO/N=C(\C)c1ccc(Cl)c(Cl)c1.COC=O. The molecule has 6 nitrogen and oxygen atoms in total. The first-order chi connectivity index (χ1) is 13.8. The van der Waals surface area contributed by atoms with Crippen LogP contribution in [0.1, 0.15) is 36.1 Å². The molecule has 156 valence electrons. The molecule has 2 aromatic rings. The normalized spacial score (nSPS) is 11.3. The van der Waals surface area contributed by atoms with Crippen molar-refractivity contribution in [3.05, 3.63) is 68.7 Å². The number of hydrogen-bond acceptors (Lipinski definition) is 6. The van der Waals surface area contributed by atoms with Gasteiger partial charge >= 0.3 is 0 Å². The second kappa shape index (κ2) is 12.8. The van der Waals surface area contributed by atoms with E-state index in [2.05, 4.69) is 15.0 Å². The lowest BCUT2D eigenvalue weighted by Gasteiger charge is -2.11. The number of ether oxygens (including phenoxy) is 1. The second-order valence-electron chi connectivity index (χ2n) is 5.87. The maximum Gasteiger partial charge on any atom is 0.292 e. The van der Waals surface area contributed by atoms with Gasteiger partial charge in [0.1, 0.15) is 13.7 Å². The third-order valence-electron chi connectivity index (χ3n) is 3.87. The Morgan fingerprint density at radius 1 is 1.03 bits per heavy atom. The molecule has 0 heterocycles. The van der Waals surface area contributed by atoms with Gasteiger partial charge in [-0.15, -0.1) is 0 Å². The number of carbonyl (C=O) groups excluding carboxylic acids is 1. The molecule has 0 saturated heterocycles. The van der Waals surface area contributed by atoms with Gasteiger partial charge in [-0.1, -0.05) is 57.8 Å². The van der Waals surface area contributed by atoms with E-state index in [1.165, 1.54) is 14.2 Å². The van der Waals surface area contributed by atoms with Crippen LogP contribution in [-0.4, -0.2) is 32.1 Å². The summed E-state index contributed by atoms with van der Waals surface area (Å²) in [5.41, 5.74) is 5.46. The number of methoxy groups -OCH3 is 1. The first-order valence-electron chi connectivity index (χ1n) is 8.60. The summed E-state index contributed by atoms with van der Waals surface area (Å²) in [4.78, 5) is 19.4. The van der Waals surface area contributed by atoms with Gasteiger partial charge < -0.3 is 14.4 Å². The van der Waals surface area contributed by atoms with E-state index in [9.17, 15) is 0 Å². The minimum Gasteiger partial charge on any atom is -0.471 e. The van der Waals surface area contributed by atoms with Crippen molar-refractivity contribution in [2.24, 2.45) is 10.3 Å². The van der Waals surface area contributed by atoms with Crippen LogP contribution in [0.2, 0.25) is 10.0 Å². The van der Waals surface area contributed by atoms with Crippen molar-refractivity contribution >= 4 is 41.1 Å². The van der Waals surface area contributed by atoms with Crippen LogP contribution in [0, 0.1) is 6.92 Å². The summed E-state index contributed by atoms with van der Waals surface area (Å²) in [5.74, 6) is 0. The first kappa shape index (κ1) is 24.5. The summed E-state index contributed by atoms with van der Waals surface area (Å²) in [5, 5.41) is 9.19. The lowest BCUT2D eigenvalue weighted by atomic mass is 10.00. The highest BCUT2D eigenvalue weighted by molar-refractivity contribution is 6.42. The monoisotopic (exact) mass is 438 g/mol. The predicted molar refractivity (Wildman–Crippen MR) is 117 cm³/mol. The van der Waals surface area contributed by atoms with E-state index in [0.29, 0.717) is 23.1 Å². The molecule has 0 aliphatic rings. The Hall–Kier alpha value is -2.57. The van der Waals surface area contributed by atoms with Crippen LogP contribution in [0.25, 0.3) is 0 Å². The molecule has 0 N–H and O–H groups in total. The summed E-state index contributed by atoms with van der Waals surface area (Å²) < 4.78 is 3.86. The third-order valence-corrected chi connectivity index (χ3v) is 4.61. The fourth-order valence-corrected chi connectivity index (χ4v) is 2.68. The topological polar surface area (TPSA) is 69.5 Å². The van der Waals surface area contributed by atoms with Crippen LogP contribution in [0.3, 0.4) is 0 Å². The van der Waals surface area contributed by atoms with Crippen LogP contribution in [0.5, 0.6) is 0 Å². The molecule has 0 fully saturated rings. The molecule has 0 aliphatic carbocycles. The number of aryl methyl sites for hydroxylation is 1. The van der Waals surface area contributed by atoms with Crippen LogP contribution < -0.4 is 0 Å². The van der Waals surface area contributed by atoms with Gasteiger partial charge in [0.25, 0.3) is 6.47 Å². The number of hydrogen-bond donors (Lipinski definition) is 0. The van der Waals surface area contributed by atoms with E-state index in [0.717, 1.165) is 33.7 Å². The number of carbonyl (C=O) groups is 1. The van der Waals surface area contributed by atoms with Crippen molar-refractivity contribution < 1.29 is 19.2 Å². The number of nitrogens with zero attached hydrogens (tertiary/aromatic N) is 2. The second-order valence-corrected chi connectivity index (χ2v) is 6.69. The Balaban J connectivity index is 0.000000960. The van der Waals surface area contributed by atoms with Crippen molar-refractivity contribution in [2.45, 2.75) is 27.4 Å². The van der Waals surface area contributed by atoms with E-state index in [1.807, 2.05) is 45.0 Å². The molecule has 0 aliphatic heterocycles. The summed E-state index contributed by atoms with van der Waals surface area (Å²) in [7, 11) is 2.84. The smallest absolute Gasteiger partial charge is 0.292 e. The van der Waals surface area contributed by atoms with Gasteiger partial charge in [-0.25, -0.2) is 0 Å². The molecule has 0 atom stereocenters. The summed E-state index contributed by atoms with van der Waals surface area (Å²) in [6.45, 7) is 6.48. The fraction of sp³-hybridized carbons (Fsp3) is 0.286. The van der Waals surface area contributed by atoms with Crippen molar-refractivity contribution in [3.63, 3.8) is 0 Å². The lowest BCUT2D eigenvalue weighted by Crippen LogP contribution is -2.05. The molecule has 2 aromatic carbocycles. The maximum absolute atomic E-state index is 8.95. The van der Waals surface area contributed by atoms with Gasteiger partial charge in [0.05, 0.1) is 28.6 Å². The number of halogens is 2. The highest BCUT2D eigenvalue weighted by Crippen LogP contribution is 2.23. The third kappa shape index (κ3) is 7.75.